The number of nitrogens with one attached hydrogen (secondary N) is 1. The Morgan fingerprint density at radius 3 is 2.06 bits per heavy atom. The van der Waals surface area contributed by atoms with Crippen LogP contribution in [0.4, 0.5) is 17.3 Å². The third-order valence-corrected chi connectivity index (χ3v) is 6.54. The zero-order valence-electron chi connectivity index (χ0n) is 19.7. The number of carbonyl (C=O) groups excluding carboxylic acids is 1. The van der Waals surface area contributed by atoms with Gasteiger partial charge in [-0.1, -0.05) is 47.1 Å². The van der Waals surface area contributed by atoms with E-state index in [0.717, 1.165) is 5.56 Å². The van der Waals surface area contributed by atoms with Crippen LogP contribution in [0.15, 0.2) is 47.6 Å². The quantitative estimate of drug-likeness (QED) is 0.290. The standard InChI is InChI=1S/C24H25Cl2N5O3S/c1-30(2)21-17(12-20(32)33)22(31(3)4)29-24(28-21)35-13-14-5-8-16(9-6-14)27-23(34)15-7-10-18(25)19(26)11-15/h5-11H,12-13H2,1-4H3,(H,27,34)(H,32,33). The summed E-state index contributed by atoms with van der Waals surface area (Å²) in [5.41, 5.74) is 2.64. The SMILES string of the molecule is CN(C)c1nc(SCc2ccc(NC(=O)c3ccc(Cl)c(Cl)c3)cc2)nc(N(C)C)c1CC(=O)O. The van der Waals surface area contributed by atoms with E-state index < -0.39 is 5.97 Å². The molecule has 0 atom stereocenters. The Morgan fingerprint density at radius 1 is 0.943 bits per heavy atom. The lowest BCUT2D eigenvalue weighted by atomic mass is 10.2. The summed E-state index contributed by atoms with van der Waals surface area (Å²) in [5, 5.41) is 13.4. The summed E-state index contributed by atoms with van der Waals surface area (Å²) in [5.74, 6) is 0.529. The highest BCUT2D eigenvalue weighted by Crippen LogP contribution is 2.30. The molecular formula is C24H25Cl2N5O3S. The molecule has 0 aliphatic heterocycles. The number of amides is 1. The predicted octanol–water partition coefficient (Wildman–Crippen LogP) is 5.09. The first-order valence-corrected chi connectivity index (χ1v) is 12.2. The average Bonchev–Trinajstić information content (AvgIpc) is 2.80. The molecule has 184 valence electrons. The molecule has 0 unspecified atom stereocenters. The van der Waals surface area contributed by atoms with Gasteiger partial charge in [-0.2, -0.15) is 0 Å². The molecule has 1 amide bonds. The van der Waals surface area contributed by atoms with E-state index in [0.29, 0.717) is 49.4 Å². The molecule has 1 heterocycles. The molecule has 3 rings (SSSR count). The summed E-state index contributed by atoms with van der Waals surface area (Å²) in [6.45, 7) is 0. The largest absolute Gasteiger partial charge is 0.481 e. The maximum Gasteiger partial charge on any atom is 0.308 e. The lowest BCUT2D eigenvalue weighted by Gasteiger charge is -2.22. The number of benzene rings is 2. The second-order valence-corrected chi connectivity index (χ2v) is 9.82. The fourth-order valence-electron chi connectivity index (χ4n) is 3.23. The van der Waals surface area contributed by atoms with Crippen molar-refractivity contribution in [2.75, 3.05) is 43.3 Å². The Labute approximate surface area is 218 Å². The van der Waals surface area contributed by atoms with Gasteiger partial charge in [-0.3, -0.25) is 9.59 Å². The number of nitrogens with zero attached hydrogens (tertiary/aromatic N) is 4. The molecule has 8 nitrogen and oxygen atoms in total. The van der Waals surface area contributed by atoms with Crippen LogP contribution in [0.25, 0.3) is 0 Å². The van der Waals surface area contributed by atoms with E-state index in [1.54, 1.807) is 21.9 Å². The molecule has 0 saturated heterocycles. The van der Waals surface area contributed by atoms with Crippen LogP contribution in [0.1, 0.15) is 21.5 Å². The fraction of sp³-hybridized carbons (Fsp3) is 0.250. The van der Waals surface area contributed by atoms with Crippen LogP contribution in [0.3, 0.4) is 0 Å². The van der Waals surface area contributed by atoms with Gasteiger partial charge >= 0.3 is 5.97 Å². The van der Waals surface area contributed by atoms with E-state index in [-0.39, 0.29) is 12.3 Å². The summed E-state index contributed by atoms with van der Waals surface area (Å²) in [4.78, 5) is 36.6. The fourth-order valence-corrected chi connectivity index (χ4v) is 4.32. The molecule has 0 aliphatic carbocycles. The third-order valence-electron chi connectivity index (χ3n) is 4.88. The summed E-state index contributed by atoms with van der Waals surface area (Å²) in [7, 11) is 7.30. The van der Waals surface area contributed by atoms with Crippen molar-refractivity contribution in [2.24, 2.45) is 0 Å². The van der Waals surface area contributed by atoms with Gasteiger partial charge in [-0.25, -0.2) is 9.97 Å². The molecule has 0 saturated carbocycles. The van der Waals surface area contributed by atoms with Gasteiger partial charge < -0.3 is 20.2 Å². The van der Waals surface area contributed by atoms with E-state index in [2.05, 4.69) is 15.3 Å². The van der Waals surface area contributed by atoms with Crippen LogP contribution >= 0.6 is 35.0 Å². The van der Waals surface area contributed by atoms with Gasteiger partial charge in [0, 0.05) is 50.8 Å². The minimum atomic E-state index is -0.938. The molecule has 1 aromatic heterocycles. The molecule has 3 aromatic rings. The summed E-state index contributed by atoms with van der Waals surface area (Å²) < 4.78 is 0. The van der Waals surface area contributed by atoms with Crippen molar-refractivity contribution < 1.29 is 14.7 Å². The molecule has 35 heavy (non-hydrogen) atoms. The summed E-state index contributed by atoms with van der Waals surface area (Å²) in [6, 6.07) is 12.2. The third kappa shape index (κ3) is 7.00. The highest BCUT2D eigenvalue weighted by molar-refractivity contribution is 7.98. The zero-order valence-corrected chi connectivity index (χ0v) is 22.0. The average molecular weight is 534 g/mol. The van der Waals surface area contributed by atoms with Crippen LogP contribution < -0.4 is 15.1 Å². The first-order valence-electron chi connectivity index (χ1n) is 10.5. The van der Waals surface area contributed by atoms with Gasteiger partial charge in [-0.05, 0) is 35.9 Å². The van der Waals surface area contributed by atoms with Gasteiger partial charge in [0.25, 0.3) is 5.91 Å². The monoisotopic (exact) mass is 533 g/mol. The molecule has 0 aliphatic rings. The summed E-state index contributed by atoms with van der Waals surface area (Å²) >= 11 is 13.4. The number of carboxylic acid groups (broad SMARTS) is 1. The number of carboxylic acids is 1. The van der Waals surface area contributed by atoms with E-state index in [9.17, 15) is 14.7 Å². The molecule has 0 spiro atoms. The first kappa shape index (κ1) is 26.6. The van der Waals surface area contributed by atoms with Crippen LogP contribution in [0, 0.1) is 0 Å². The minimum absolute atomic E-state index is 0.165. The number of hydrogen-bond donors (Lipinski definition) is 2. The van der Waals surface area contributed by atoms with Crippen molar-refractivity contribution in [3.63, 3.8) is 0 Å². The Morgan fingerprint density at radius 2 is 1.54 bits per heavy atom. The smallest absolute Gasteiger partial charge is 0.308 e. The molecule has 0 fully saturated rings. The van der Waals surface area contributed by atoms with Crippen molar-refractivity contribution in [1.29, 1.82) is 0 Å². The number of hydrogen-bond acceptors (Lipinski definition) is 7. The molecule has 2 N–H and O–H groups in total. The van der Waals surface area contributed by atoms with Gasteiger partial charge in [0.1, 0.15) is 11.6 Å². The number of carbonyl (C=O) groups is 2. The molecule has 11 heteroatoms. The Balaban J connectivity index is 1.72. The maximum atomic E-state index is 12.5. The highest BCUT2D eigenvalue weighted by Gasteiger charge is 2.20. The van der Waals surface area contributed by atoms with Gasteiger partial charge in [0.05, 0.1) is 16.5 Å². The van der Waals surface area contributed by atoms with Crippen molar-refractivity contribution in [3.05, 3.63) is 69.2 Å². The number of rotatable bonds is 9. The minimum Gasteiger partial charge on any atom is -0.481 e. The number of aromatic nitrogens is 2. The second kappa shape index (κ2) is 11.6. The van der Waals surface area contributed by atoms with Gasteiger partial charge in [0.15, 0.2) is 5.16 Å². The van der Waals surface area contributed by atoms with Crippen LogP contribution in [0.2, 0.25) is 10.0 Å². The first-order chi connectivity index (χ1) is 16.5. The van der Waals surface area contributed by atoms with E-state index in [1.165, 1.54) is 17.8 Å². The molecule has 2 aromatic carbocycles. The zero-order chi connectivity index (χ0) is 25.7. The lowest BCUT2D eigenvalue weighted by molar-refractivity contribution is -0.136. The molecule has 0 bridgehead atoms. The van der Waals surface area contributed by atoms with Crippen molar-refractivity contribution in [2.45, 2.75) is 17.3 Å². The lowest BCUT2D eigenvalue weighted by Crippen LogP contribution is -2.21. The number of aliphatic carboxylic acids is 1. The van der Waals surface area contributed by atoms with Gasteiger partial charge in [-0.15, -0.1) is 0 Å². The van der Waals surface area contributed by atoms with Crippen molar-refractivity contribution in [1.82, 2.24) is 9.97 Å². The highest BCUT2D eigenvalue weighted by atomic mass is 35.5. The number of halogens is 2. The Bertz CT molecular complexity index is 1210. The molecular weight excluding hydrogens is 509 g/mol. The van der Waals surface area contributed by atoms with E-state index >= 15 is 0 Å². The van der Waals surface area contributed by atoms with Crippen LogP contribution in [0.5, 0.6) is 0 Å². The van der Waals surface area contributed by atoms with Gasteiger partial charge in [0.2, 0.25) is 0 Å². The maximum absolute atomic E-state index is 12.5. The number of anilines is 3. The number of thioether (sulfide) groups is 1. The topological polar surface area (TPSA) is 98.7 Å². The van der Waals surface area contributed by atoms with Crippen molar-refractivity contribution >= 4 is 64.2 Å². The second-order valence-electron chi connectivity index (χ2n) is 8.06. The van der Waals surface area contributed by atoms with E-state index in [4.69, 9.17) is 23.2 Å². The predicted molar refractivity (Wildman–Crippen MR) is 142 cm³/mol. The Hall–Kier alpha value is -3.01. The molecule has 0 radical (unpaired) electrons. The normalized spacial score (nSPS) is 10.7. The Kier molecular flexibility index (Phi) is 8.82. The van der Waals surface area contributed by atoms with Crippen molar-refractivity contribution in [3.8, 4) is 0 Å². The van der Waals surface area contributed by atoms with Crippen LogP contribution in [-0.4, -0.2) is 55.1 Å². The van der Waals surface area contributed by atoms with Crippen LogP contribution in [-0.2, 0) is 17.0 Å². The van der Waals surface area contributed by atoms with E-state index in [1.807, 2.05) is 52.5 Å². The summed E-state index contributed by atoms with van der Waals surface area (Å²) in [6.07, 6.45) is -0.165.